The normalized spacial score (nSPS) is 17.5. The van der Waals surface area contributed by atoms with Crippen LogP contribution >= 0.6 is 23.2 Å². The minimum absolute atomic E-state index is 0.0401. The van der Waals surface area contributed by atoms with E-state index in [0.29, 0.717) is 15.6 Å². The van der Waals surface area contributed by atoms with Crippen molar-refractivity contribution in [3.8, 4) is 0 Å². The van der Waals surface area contributed by atoms with Crippen LogP contribution in [0.1, 0.15) is 37.4 Å². The van der Waals surface area contributed by atoms with Crippen molar-refractivity contribution in [2.75, 3.05) is 13.1 Å². The second-order valence-electron chi connectivity index (χ2n) is 7.07. The number of piperidine rings is 1. The lowest BCUT2D eigenvalue weighted by Gasteiger charge is -2.36. The van der Waals surface area contributed by atoms with E-state index in [1.54, 1.807) is 24.3 Å². The van der Waals surface area contributed by atoms with E-state index in [1.807, 2.05) is 17.6 Å². The number of fused-ring (bicyclic) bond motifs is 1. The van der Waals surface area contributed by atoms with Crippen molar-refractivity contribution >= 4 is 34.2 Å². The van der Waals surface area contributed by atoms with Crippen LogP contribution in [-0.4, -0.2) is 27.5 Å². The number of hydrogen-bond donors (Lipinski definition) is 1. The molecule has 1 N–H and O–H groups in total. The molecule has 3 aromatic rings. The predicted molar refractivity (Wildman–Crippen MR) is 107 cm³/mol. The number of benzene rings is 2. The Morgan fingerprint density at radius 3 is 2.48 bits per heavy atom. The summed E-state index contributed by atoms with van der Waals surface area (Å²) in [6.07, 6.45) is 1.66. The van der Waals surface area contributed by atoms with Gasteiger partial charge in [-0.05, 0) is 50.1 Å². The molecule has 0 amide bonds. The van der Waals surface area contributed by atoms with Crippen LogP contribution in [0.2, 0.25) is 10.0 Å². The van der Waals surface area contributed by atoms with E-state index < -0.39 is 0 Å². The molecule has 142 valence electrons. The number of likely N-dealkylation sites (tertiary alicyclic amines) is 1. The highest BCUT2D eigenvalue weighted by molar-refractivity contribution is 6.31. The fraction of sp³-hybridized carbons (Fsp3) is 0.350. The molecule has 0 bridgehead atoms. The van der Waals surface area contributed by atoms with Crippen LogP contribution in [0.15, 0.2) is 41.2 Å². The van der Waals surface area contributed by atoms with Crippen LogP contribution < -0.4 is 5.69 Å². The van der Waals surface area contributed by atoms with E-state index in [0.717, 1.165) is 37.0 Å². The van der Waals surface area contributed by atoms with Gasteiger partial charge in [-0.1, -0.05) is 29.3 Å². The molecular weight excluding hydrogens is 388 g/mol. The molecule has 0 saturated carbocycles. The molecule has 1 unspecified atom stereocenters. The number of nitrogens with zero attached hydrogens (tertiary/aromatic N) is 2. The molecule has 1 aromatic heterocycles. The van der Waals surface area contributed by atoms with Crippen molar-refractivity contribution in [1.82, 2.24) is 14.5 Å². The number of aromatic nitrogens is 2. The van der Waals surface area contributed by atoms with Gasteiger partial charge in [0, 0.05) is 40.8 Å². The monoisotopic (exact) mass is 407 g/mol. The standard InChI is InChI=1S/C20H20Cl2FN3O/c1-12(16-4-2-13(21)10-17(16)23)25-8-6-15(7-9-25)26-19-5-3-14(22)11-18(19)24-20(26)27/h2-5,10-12,15H,6-9H2,1H3,(H,24,27). The molecule has 1 saturated heterocycles. The average molecular weight is 408 g/mol. The first-order valence-corrected chi connectivity index (χ1v) is 9.78. The largest absolute Gasteiger partial charge is 0.326 e. The first-order valence-electron chi connectivity index (χ1n) is 9.03. The third-order valence-corrected chi connectivity index (χ3v) is 5.97. The molecular formula is C20H20Cl2FN3O. The van der Waals surface area contributed by atoms with E-state index in [1.165, 1.54) is 6.07 Å². The average Bonchev–Trinajstić information content (AvgIpc) is 2.96. The summed E-state index contributed by atoms with van der Waals surface area (Å²) in [4.78, 5) is 17.6. The third-order valence-electron chi connectivity index (χ3n) is 5.50. The van der Waals surface area contributed by atoms with E-state index in [2.05, 4.69) is 9.88 Å². The van der Waals surface area contributed by atoms with E-state index in [9.17, 15) is 9.18 Å². The Bertz CT molecular complexity index is 1040. The maximum absolute atomic E-state index is 14.2. The van der Waals surface area contributed by atoms with Crippen LogP contribution in [0.4, 0.5) is 4.39 Å². The summed E-state index contributed by atoms with van der Waals surface area (Å²) in [5.74, 6) is -0.276. The number of H-pyrrole nitrogens is 1. The van der Waals surface area contributed by atoms with Crippen molar-refractivity contribution in [2.24, 2.45) is 0 Å². The second kappa shape index (κ2) is 7.30. The minimum atomic E-state index is -0.276. The third kappa shape index (κ3) is 3.51. The van der Waals surface area contributed by atoms with Gasteiger partial charge in [-0.3, -0.25) is 9.47 Å². The Morgan fingerprint density at radius 1 is 1.11 bits per heavy atom. The summed E-state index contributed by atoms with van der Waals surface area (Å²) >= 11 is 11.9. The summed E-state index contributed by atoms with van der Waals surface area (Å²) in [7, 11) is 0. The van der Waals surface area contributed by atoms with Gasteiger partial charge < -0.3 is 4.98 Å². The quantitative estimate of drug-likeness (QED) is 0.650. The SMILES string of the molecule is CC(c1ccc(Cl)cc1F)N1CCC(n2c(=O)[nH]c3cc(Cl)ccc32)CC1. The Balaban J connectivity index is 1.52. The first-order chi connectivity index (χ1) is 12.9. The molecule has 0 aliphatic carbocycles. The molecule has 2 aromatic carbocycles. The number of hydrogen-bond acceptors (Lipinski definition) is 2. The number of aromatic amines is 1. The van der Waals surface area contributed by atoms with Gasteiger partial charge in [-0.25, -0.2) is 9.18 Å². The summed E-state index contributed by atoms with van der Waals surface area (Å²) in [5.41, 5.74) is 2.17. The Kier molecular flexibility index (Phi) is 5.01. The maximum atomic E-state index is 14.2. The highest BCUT2D eigenvalue weighted by atomic mass is 35.5. The number of imidazole rings is 1. The van der Waals surface area contributed by atoms with Gasteiger partial charge in [0.05, 0.1) is 11.0 Å². The topological polar surface area (TPSA) is 41.0 Å². The molecule has 0 spiro atoms. The summed E-state index contributed by atoms with van der Waals surface area (Å²) < 4.78 is 16.1. The second-order valence-corrected chi connectivity index (χ2v) is 7.94. The first kappa shape index (κ1) is 18.5. The van der Waals surface area contributed by atoms with Crippen molar-refractivity contribution in [3.63, 3.8) is 0 Å². The molecule has 1 aliphatic rings. The van der Waals surface area contributed by atoms with Gasteiger partial charge in [0.2, 0.25) is 0 Å². The molecule has 1 fully saturated rings. The van der Waals surface area contributed by atoms with Crippen molar-refractivity contribution < 1.29 is 4.39 Å². The van der Waals surface area contributed by atoms with E-state index >= 15 is 0 Å². The molecule has 27 heavy (non-hydrogen) atoms. The highest BCUT2D eigenvalue weighted by Gasteiger charge is 2.27. The molecule has 7 heteroatoms. The number of halogens is 3. The van der Waals surface area contributed by atoms with Crippen molar-refractivity contribution in [2.45, 2.75) is 31.8 Å². The Morgan fingerprint density at radius 2 is 1.78 bits per heavy atom. The molecule has 1 aliphatic heterocycles. The highest BCUT2D eigenvalue weighted by Crippen LogP contribution is 2.32. The smallest absolute Gasteiger partial charge is 0.305 e. The molecule has 4 nitrogen and oxygen atoms in total. The lowest BCUT2D eigenvalue weighted by Crippen LogP contribution is -2.38. The summed E-state index contributed by atoms with van der Waals surface area (Å²) in [5, 5.41) is 1.01. The van der Waals surface area contributed by atoms with Gasteiger partial charge in [0.1, 0.15) is 5.82 Å². The van der Waals surface area contributed by atoms with Crippen molar-refractivity contribution in [3.05, 3.63) is 68.3 Å². The molecule has 4 rings (SSSR count). The zero-order valence-corrected chi connectivity index (χ0v) is 16.4. The Labute approximate surface area is 166 Å². The molecule has 2 heterocycles. The van der Waals surface area contributed by atoms with Crippen LogP contribution in [-0.2, 0) is 0 Å². The summed E-state index contributed by atoms with van der Waals surface area (Å²) in [6, 6.07) is 10.4. The molecule has 1 atom stereocenters. The van der Waals surface area contributed by atoms with E-state index in [-0.39, 0.29) is 23.6 Å². The van der Waals surface area contributed by atoms with Gasteiger partial charge in [-0.2, -0.15) is 0 Å². The fourth-order valence-electron chi connectivity index (χ4n) is 4.03. The van der Waals surface area contributed by atoms with Gasteiger partial charge in [0.15, 0.2) is 0 Å². The van der Waals surface area contributed by atoms with Gasteiger partial charge in [0.25, 0.3) is 0 Å². The van der Waals surface area contributed by atoms with Crippen LogP contribution in [0.5, 0.6) is 0 Å². The van der Waals surface area contributed by atoms with Crippen LogP contribution in [0.3, 0.4) is 0 Å². The number of nitrogens with one attached hydrogen (secondary N) is 1. The van der Waals surface area contributed by atoms with Crippen molar-refractivity contribution in [1.29, 1.82) is 0 Å². The van der Waals surface area contributed by atoms with E-state index in [4.69, 9.17) is 23.2 Å². The van der Waals surface area contributed by atoms with Gasteiger partial charge >= 0.3 is 5.69 Å². The lowest BCUT2D eigenvalue weighted by molar-refractivity contribution is 0.141. The lowest BCUT2D eigenvalue weighted by atomic mass is 9.99. The van der Waals surface area contributed by atoms with Gasteiger partial charge in [-0.15, -0.1) is 0 Å². The maximum Gasteiger partial charge on any atom is 0.326 e. The Hall–Kier alpha value is -1.82. The van der Waals surface area contributed by atoms with Crippen LogP contribution in [0.25, 0.3) is 11.0 Å². The van der Waals surface area contributed by atoms with Crippen LogP contribution in [0, 0.1) is 5.82 Å². The molecule has 0 radical (unpaired) electrons. The fourth-order valence-corrected chi connectivity index (χ4v) is 4.37. The summed E-state index contributed by atoms with van der Waals surface area (Å²) in [6.45, 7) is 3.59. The predicted octanol–water partition coefficient (Wildman–Crippen LogP) is 5.17. The zero-order chi connectivity index (χ0) is 19.1. The minimum Gasteiger partial charge on any atom is -0.305 e. The zero-order valence-electron chi connectivity index (χ0n) is 14.9. The number of rotatable bonds is 3.